The molecule has 4 amide bonds. The summed E-state index contributed by atoms with van der Waals surface area (Å²) in [5.41, 5.74) is 5.46. The number of rotatable bonds is 43. The molecule has 20 heteroatoms. The number of hydrogen-bond acceptors (Lipinski definition) is 14. The minimum Gasteiger partial charge on any atom is -0.415 e. The van der Waals surface area contributed by atoms with Crippen molar-refractivity contribution in [2.75, 3.05) is 68.3 Å². The number of hydrogen-bond donors (Lipinski definition) is 3. The molecule has 444 valence electrons. The molecule has 0 saturated carbocycles. The Bertz CT molecular complexity index is 2360. The first-order chi connectivity index (χ1) is 38.9. The number of ketones is 2. The van der Waals surface area contributed by atoms with Crippen LogP contribution in [-0.2, 0) is 50.9 Å². The number of benzene rings is 2. The molecule has 1 aromatic heterocycles. The fourth-order valence-corrected chi connectivity index (χ4v) is 16.7. The third kappa shape index (κ3) is 23.5. The van der Waals surface area contributed by atoms with E-state index in [1.165, 1.54) is 51.0 Å². The van der Waals surface area contributed by atoms with E-state index >= 15 is 0 Å². The number of fused-ring (bicyclic) bond motifs is 6. The highest BCUT2D eigenvalue weighted by atomic mass is 33.1. The molecular formula is C60H93N7O9S3Si. The lowest BCUT2D eigenvalue weighted by atomic mass is 9.95. The molecular weight excluding hydrogens is 1090 g/mol. The van der Waals surface area contributed by atoms with Crippen molar-refractivity contribution < 1.29 is 42.6 Å². The summed E-state index contributed by atoms with van der Waals surface area (Å²) >= 11 is 1.90. The van der Waals surface area contributed by atoms with Crippen LogP contribution in [0.1, 0.15) is 148 Å². The van der Waals surface area contributed by atoms with Crippen LogP contribution in [0.5, 0.6) is 0 Å². The monoisotopic (exact) mass is 1180 g/mol. The van der Waals surface area contributed by atoms with Gasteiger partial charge in [0, 0.05) is 105 Å². The average molecular weight is 1180 g/mol. The predicted molar refractivity (Wildman–Crippen MR) is 329 cm³/mol. The number of nitrogens with one attached hydrogen (secondary N) is 3. The number of ether oxygens (including phenoxy) is 3. The van der Waals surface area contributed by atoms with Crippen molar-refractivity contribution in [2.24, 2.45) is 0 Å². The molecule has 3 atom stereocenters. The van der Waals surface area contributed by atoms with Crippen molar-refractivity contribution in [1.29, 1.82) is 0 Å². The third-order valence-electron chi connectivity index (χ3n) is 14.8. The van der Waals surface area contributed by atoms with Gasteiger partial charge in [0.05, 0.1) is 56.4 Å². The van der Waals surface area contributed by atoms with Gasteiger partial charge in [0.15, 0.2) is 8.32 Å². The summed E-state index contributed by atoms with van der Waals surface area (Å²) in [4.78, 5) is 65.1. The maximum absolute atomic E-state index is 14.1. The molecule has 3 aliphatic rings. The minimum absolute atomic E-state index is 0.0412. The zero-order chi connectivity index (χ0) is 56.8. The van der Waals surface area contributed by atoms with Crippen molar-refractivity contribution in [3.63, 3.8) is 0 Å². The summed E-state index contributed by atoms with van der Waals surface area (Å²) in [7, 11) is 1.81. The Morgan fingerprint density at radius 2 is 1.35 bits per heavy atom. The molecule has 80 heavy (non-hydrogen) atoms. The normalized spacial score (nSPS) is 16.6. The van der Waals surface area contributed by atoms with E-state index < -0.39 is 8.32 Å². The van der Waals surface area contributed by atoms with Gasteiger partial charge < -0.3 is 39.5 Å². The summed E-state index contributed by atoms with van der Waals surface area (Å²) in [5.74, 6) is 2.76. The van der Waals surface area contributed by atoms with E-state index in [4.69, 9.17) is 28.9 Å². The van der Waals surface area contributed by atoms with Gasteiger partial charge in [-0.1, -0.05) is 127 Å². The van der Waals surface area contributed by atoms with E-state index in [-0.39, 0.29) is 54.3 Å². The highest BCUT2D eigenvalue weighted by Crippen LogP contribution is 2.42. The molecule has 0 aliphatic carbocycles. The number of anilines is 1. The van der Waals surface area contributed by atoms with Gasteiger partial charge in [-0.25, -0.2) is 9.48 Å². The van der Waals surface area contributed by atoms with Gasteiger partial charge in [-0.3, -0.25) is 19.2 Å². The zero-order valence-electron chi connectivity index (χ0n) is 48.5. The molecule has 3 N–H and O–H groups in total. The third-order valence-corrected chi connectivity index (χ3v) is 21.4. The molecule has 0 spiro atoms. The fraction of sp³-hybridized carbons (Fsp3) is 0.683. The number of Topliss-reactive ketones (excluding diaryl/α,β-unsaturated/α-hetero) is 2. The van der Waals surface area contributed by atoms with Crippen molar-refractivity contribution in [1.82, 2.24) is 30.9 Å². The molecule has 2 fully saturated rings. The lowest BCUT2D eigenvalue weighted by Crippen LogP contribution is -2.36. The van der Waals surface area contributed by atoms with Crippen LogP contribution < -0.4 is 20.9 Å². The zero-order valence-corrected chi connectivity index (χ0v) is 51.9. The number of aryl methyl sites for hydroxylation is 1. The average Bonchev–Trinajstić information content (AvgIpc) is 4.27. The maximum Gasteiger partial charge on any atom is 0.315 e. The number of unbranched alkanes of at least 4 members (excludes halogenated alkanes) is 9. The smallest absolute Gasteiger partial charge is 0.315 e. The Labute approximate surface area is 490 Å². The van der Waals surface area contributed by atoms with Crippen LogP contribution in [0.3, 0.4) is 0 Å². The second kappa shape index (κ2) is 36.7. The number of urea groups is 1. The largest absolute Gasteiger partial charge is 0.415 e. The molecule has 2 saturated heterocycles. The Morgan fingerprint density at radius 1 is 0.713 bits per heavy atom. The Morgan fingerprint density at radius 3 is 2.08 bits per heavy atom. The summed E-state index contributed by atoms with van der Waals surface area (Å²) < 4.78 is 25.2. The predicted octanol–water partition coefficient (Wildman–Crippen LogP) is 11.7. The van der Waals surface area contributed by atoms with Gasteiger partial charge in [0.2, 0.25) is 11.8 Å². The first kappa shape index (κ1) is 65.4. The molecule has 3 aliphatic heterocycles. The topological polar surface area (TPSA) is 192 Å². The van der Waals surface area contributed by atoms with Gasteiger partial charge in [0.1, 0.15) is 17.3 Å². The van der Waals surface area contributed by atoms with Crippen LogP contribution in [-0.4, -0.2) is 140 Å². The van der Waals surface area contributed by atoms with Gasteiger partial charge in [-0.15, -0.1) is 5.10 Å². The van der Waals surface area contributed by atoms with Crippen molar-refractivity contribution in [2.45, 2.75) is 198 Å². The van der Waals surface area contributed by atoms with Crippen molar-refractivity contribution >= 4 is 76.8 Å². The van der Waals surface area contributed by atoms with Gasteiger partial charge >= 0.3 is 6.03 Å². The van der Waals surface area contributed by atoms with Crippen LogP contribution in [0, 0.1) is 0 Å². The van der Waals surface area contributed by atoms with Gasteiger partial charge in [-0.05, 0) is 76.7 Å². The highest BCUT2D eigenvalue weighted by molar-refractivity contribution is 8.76. The van der Waals surface area contributed by atoms with Gasteiger partial charge in [0.25, 0.3) is 0 Å². The molecule has 16 nitrogen and oxygen atoms in total. The first-order valence-electron chi connectivity index (χ1n) is 29.9. The molecule has 0 radical (unpaired) electrons. The Balaban J connectivity index is 0.751. The van der Waals surface area contributed by atoms with Crippen molar-refractivity contribution in [3.8, 4) is 22.5 Å². The molecule has 0 bridgehead atoms. The number of amides is 4. The SMILES string of the molecule is CC(C)O[Si](C)(C)CCCCCCCCCCCn1nnc2c1-c1ccccc1N(C(=O)CCC(=O)CCCOCCOCCOCCCC(=O)CCSSCCNC(=O)CCCC[C@@H]1SC[C@@H]3NC(=O)N[C@@H]31)Cc1ccccc1-2. The number of carbonyl (C=O) groups excluding carboxylic acids is 5. The van der Waals surface area contributed by atoms with E-state index in [1.807, 2.05) is 51.7 Å². The Kier molecular flexibility index (Phi) is 30.0. The molecule has 6 rings (SSSR count). The molecule has 4 heterocycles. The van der Waals surface area contributed by atoms with Crippen LogP contribution in [0.15, 0.2) is 48.5 Å². The number of carbonyl (C=O) groups is 5. The number of nitrogens with zero attached hydrogens (tertiary/aromatic N) is 4. The van der Waals surface area contributed by atoms with Crippen LogP contribution >= 0.6 is 33.3 Å². The summed E-state index contributed by atoms with van der Waals surface area (Å²) in [5, 5.41) is 18.8. The van der Waals surface area contributed by atoms with Gasteiger partial charge in [-0.2, -0.15) is 11.8 Å². The Hall–Kier alpha value is -3.76. The van der Waals surface area contributed by atoms with Crippen LogP contribution in [0.4, 0.5) is 10.5 Å². The summed E-state index contributed by atoms with van der Waals surface area (Å²) in [6, 6.07) is 17.8. The van der Waals surface area contributed by atoms with Crippen LogP contribution in [0.2, 0.25) is 19.1 Å². The van der Waals surface area contributed by atoms with Crippen LogP contribution in [0.25, 0.3) is 22.5 Å². The molecule has 0 unspecified atom stereocenters. The quantitative estimate of drug-likeness (QED) is 0.0210. The lowest BCUT2D eigenvalue weighted by molar-refractivity contribution is -0.124. The fourth-order valence-electron chi connectivity index (χ4n) is 10.7. The molecule has 3 aromatic rings. The minimum atomic E-state index is -1.53. The highest BCUT2D eigenvalue weighted by Gasteiger charge is 2.42. The van der Waals surface area contributed by atoms with E-state index in [0.29, 0.717) is 103 Å². The lowest BCUT2D eigenvalue weighted by Gasteiger charge is -2.28. The van der Waals surface area contributed by atoms with E-state index in [2.05, 4.69) is 61.1 Å². The number of para-hydroxylation sites is 1. The van der Waals surface area contributed by atoms with E-state index in [1.54, 1.807) is 21.6 Å². The van der Waals surface area contributed by atoms with E-state index in [0.717, 1.165) is 89.7 Å². The number of aromatic nitrogens is 3. The standard InChI is InChI=1S/C60H93N7O9S3Si/c1-46(2)76-80(3,4)43-19-11-9-7-5-6-8-10-18-34-67-59-51-26-14-15-27-53(51)66(44-47-22-12-13-25-50(47)57(59)64-65-67)56(71)31-30-48(68)23-20-35-73-37-39-75-40-38-74-36-21-24-49(69)32-41-78-79-42-33-61-55(70)29-17-16-28-54-58-52(45-77-54)62-60(72)63-58/h12-15,22,25-27,46,52,54,58H,5-11,16-21,23-24,28-45H2,1-4H3,(H,61,70)(H2,62,63,72)/t52-,54-,58-/m0/s1. The maximum atomic E-state index is 14.1. The van der Waals surface area contributed by atoms with Crippen molar-refractivity contribution in [3.05, 3.63) is 54.1 Å². The second-order valence-electron chi connectivity index (χ2n) is 22.3. The summed E-state index contributed by atoms with van der Waals surface area (Å²) in [6.07, 6.45) is 17.6. The number of thioether (sulfide) groups is 1. The van der Waals surface area contributed by atoms with E-state index in [9.17, 15) is 24.0 Å². The molecule has 2 aromatic carbocycles. The first-order valence-corrected chi connectivity index (χ1v) is 36.6. The summed E-state index contributed by atoms with van der Waals surface area (Å²) in [6.45, 7) is 13.4. The second-order valence-corrected chi connectivity index (χ2v) is 30.5.